The molecule has 0 aliphatic rings. The molecular formula is C13H15N5O. The van der Waals surface area contributed by atoms with Crippen LogP contribution >= 0.6 is 0 Å². The van der Waals surface area contributed by atoms with Gasteiger partial charge < -0.3 is 16.4 Å². The molecule has 1 aromatic heterocycles. The standard InChI is InChI=1S/C13H15N5O/c1-9-15-7-6-12(17-9)8-16-13(19)18-11-4-2-10(14)3-5-11/h2-7H,8,14H2,1H3,(H2,16,18,19). The van der Waals surface area contributed by atoms with E-state index in [1.165, 1.54) is 0 Å². The number of anilines is 2. The van der Waals surface area contributed by atoms with E-state index in [9.17, 15) is 4.79 Å². The average molecular weight is 257 g/mol. The van der Waals surface area contributed by atoms with Crippen LogP contribution in [0.5, 0.6) is 0 Å². The second kappa shape index (κ2) is 5.81. The van der Waals surface area contributed by atoms with Crippen LogP contribution in [0.25, 0.3) is 0 Å². The third-order valence-electron chi connectivity index (χ3n) is 2.43. The number of nitrogens with two attached hydrogens (primary N) is 1. The quantitative estimate of drug-likeness (QED) is 0.729. The van der Waals surface area contributed by atoms with E-state index in [2.05, 4.69) is 20.6 Å². The maximum atomic E-state index is 11.7. The number of nitrogen functional groups attached to an aromatic ring is 1. The van der Waals surface area contributed by atoms with Gasteiger partial charge in [-0.05, 0) is 37.3 Å². The zero-order chi connectivity index (χ0) is 13.7. The summed E-state index contributed by atoms with van der Waals surface area (Å²) in [7, 11) is 0. The first-order chi connectivity index (χ1) is 9.13. The summed E-state index contributed by atoms with van der Waals surface area (Å²) < 4.78 is 0. The molecule has 0 fully saturated rings. The predicted octanol–water partition coefficient (Wildman–Crippen LogP) is 1.69. The molecule has 6 heteroatoms. The van der Waals surface area contributed by atoms with Gasteiger partial charge in [-0.25, -0.2) is 14.8 Å². The Morgan fingerprint density at radius 1 is 1.26 bits per heavy atom. The van der Waals surface area contributed by atoms with E-state index in [1.807, 2.05) is 0 Å². The Kier molecular flexibility index (Phi) is 3.92. The zero-order valence-corrected chi connectivity index (χ0v) is 10.6. The number of hydrogen-bond acceptors (Lipinski definition) is 4. The molecule has 0 atom stereocenters. The molecule has 0 aliphatic carbocycles. The Labute approximate surface area is 111 Å². The third-order valence-corrected chi connectivity index (χ3v) is 2.43. The van der Waals surface area contributed by atoms with Crippen LogP contribution in [-0.4, -0.2) is 16.0 Å². The molecule has 0 saturated heterocycles. The monoisotopic (exact) mass is 257 g/mol. The van der Waals surface area contributed by atoms with Gasteiger partial charge in [0.05, 0.1) is 12.2 Å². The number of nitrogens with one attached hydrogen (secondary N) is 2. The van der Waals surface area contributed by atoms with Crippen molar-refractivity contribution in [3.8, 4) is 0 Å². The minimum atomic E-state index is -0.291. The van der Waals surface area contributed by atoms with E-state index in [1.54, 1.807) is 43.5 Å². The van der Waals surface area contributed by atoms with Crippen LogP contribution in [0.1, 0.15) is 11.5 Å². The van der Waals surface area contributed by atoms with Gasteiger partial charge in [0.2, 0.25) is 0 Å². The SMILES string of the molecule is Cc1nccc(CNC(=O)Nc2ccc(N)cc2)n1. The van der Waals surface area contributed by atoms with Crippen molar-refractivity contribution in [1.29, 1.82) is 0 Å². The van der Waals surface area contributed by atoms with Crippen LogP contribution in [0, 0.1) is 6.92 Å². The molecule has 0 unspecified atom stereocenters. The third kappa shape index (κ3) is 3.95. The number of hydrogen-bond donors (Lipinski definition) is 3. The van der Waals surface area contributed by atoms with Gasteiger partial charge in [0.25, 0.3) is 0 Å². The lowest BCUT2D eigenvalue weighted by Gasteiger charge is -2.07. The topological polar surface area (TPSA) is 92.9 Å². The first kappa shape index (κ1) is 12.8. The number of benzene rings is 1. The van der Waals surface area contributed by atoms with Crippen molar-refractivity contribution in [1.82, 2.24) is 15.3 Å². The number of aryl methyl sites for hydroxylation is 1. The summed E-state index contributed by atoms with van der Waals surface area (Å²) in [6, 6.07) is 8.40. The van der Waals surface area contributed by atoms with Crippen LogP contribution in [0.4, 0.5) is 16.2 Å². The lowest BCUT2D eigenvalue weighted by atomic mass is 10.3. The second-order valence-electron chi connectivity index (χ2n) is 4.02. The minimum absolute atomic E-state index is 0.291. The van der Waals surface area contributed by atoms with Gasteiger partial charge in [-0.2, -0.15) is 0 Å². The van der Waals surface area contributed by atoms with Crippen molar-refractivity contribution >= 4 is 17.4 Å². The number of carbonyl (C=O) groups is 1. The minimum Gasteiger partial charge on any atom is -0.399 e. The van der Waals surface area contributed by atoms with E-state index in [0.29, 0.717) is 23.7 Å². The van der Waals surface area contributed by atoms with Crippen molar-refractivity contribution in [2.45, 2.75) is 13.5 Å². The first-order valence-electron chi connectivity index (χ1n) is 5.82. The molecule has 6 nitrogen and oxygen atoms in total. The molecule has 0 saturated carbocycles. The fraction of sp³-hybridized carbons (Fsp3) is 0.154. The fourth-order valence-corrected chi connectivity index (χ4v) is 1.52. The average Bonchev–Trinajstić information content (AvgIpc) is 2.39. The summed E-state index contributed by atoms with van der Waals surface area (Å²) in [6.07, 6.45) is 1.66. The molecule has 2 amide bonds. The Morgan fingerprint density at radius 2 is 2.00 bits per heavy atom. The summed E-state index contributed by atoms with van der Waals surface area (Å²) in [5, 5.41) is 5.42. The van der Waals surface area contributed by atoms with Gasteiger partial charge >= 0.3 is 6.03 Å². The summed E-state index contributed by atoms with van der Waals surface area (Å²) in [5.41, 5.74) is 7.67. The van der Waals surface area contributed by atoms with Crippen molar-refractivity contribution in [2.75, 3.05) is 11.1 Å². The van der Waals surface area contributed by atoms with Crippen molar-refractivity contribution in [2.24, 2.45) is 0 Å². The maximum absolute atomic E-state index is 11.7. The number of nitrogens with zero attached hydrogens (tertiary/aromatic N) is 2. The number of rotatable bonds is 3. The summed E-state index contributed by atoms with van der Waals surface area (Å²) in [4.78, 5) is 19.8. The zero-order valence-electron chi connectivity index (χ0n) is 10.6. The van der Waals surface area contributed by atoms with Crippen molar-refractivity contribution in [3.05, 3.63) is 48.0 Å². The van der Waals surface area contributed by atoms with E-state index in [-0.39, 0.29) is 6.03 Å². The Hall–Kier alpha value is -2.63. The summed E-state index contributed by atoms with van der Waals surface area (Å²) in [5.74, 6) is 0.679. The largest absolute Gasteiger partial charge is 0.399 e. The smallest absolute Gasteiger partial charge is 0.319 e. The molecule has 2 rings (SSSR count). The van der Waals surface area contributed by atoms with Crippen LogP contribution in [-0.2, 0) is 6.54 Å². The lowest BCUT2D eigenvalue weighted by Crippen LogP contribution is -2.28. The van der Waals surface area contributed by atoms with Crippen LogP contribution in [0.15, 0.2) is 36.5 Å². The van der Waals surface area contributed by atoms with Crippen molar-refractivity contribution < 1.29 is 4.79 Å². The van der Waals surface area contributed by atoms with E-state index >= 15 is 0 Å². The lowest BCUT2D eigenvalue weighted by molar-refractivity contribution is 0.251. The predicted molar refractivity (Wildman–Crippen MR) is 73.5 cm³/mol. The summed E-state index contributed by atoms with van der Waals surface area (Å²) >= 11 is 0. The van der Waals surface area contributed by atoms with E-state index < -0.39 is 0 Å². The normalized spacial score (nSPS) is 9.95. The molecule has 0 bridgehead atoms. The van der Waals surface area contributed by atoms with E-state index in [4.69, 9.17) is 5.73 Å². The van der Waals surface area contributed by atoms with Crippen LogP contribution in [0.3, 0.4) is 0 Å². The molecule has 4 N–H and O–H groups in total. The first-order valence-corrected chi connectivity index (χ1v) is 5.82. The van der Waals surface area contributed by atoms with Gasteiger partial charge in [0, 0.05) is 17.6 Å². The Balaban J connectivity index is 1.86. The molecular weight excluding hydrogens is 242 g/mol. The van der Waals surface area contributed by atoms with Crippen LogP contribution in [0.2, 0.25) is 0 Å². The van der Waals surface area contributed by atoms with Crippen molar-refractivity contribution in [3.63, 3.8) is 0 Å². The molecule has 98 valence electrons. The maximum Gasteiger partial charge on any atom is 0.319 e. The molecule has 2 aromatic rings. The van der Waals surface area contributed by atoms with Gasteiger partial charge in [0.15, 0.2) is 0 Å². The molecule has 0 aliphatic heterocycles. The highest BCUT2D eigenvalue weighted by molar-refractivity contribution is 5.89. The molecule has 0 spiro atoms. The Bertz CT molecular complexity index is 568. The highest BCUT2D eigenvalue weighted by Gasteiger charge is 2.02. The van der Waals surface area contributed by atoms with Gasteiger partial charge in [0.1, 0.15) is 5.82 Å². The second-order valence-corrected chi connectivity index (χ2v) is 4.02. The number of amides is 2. The van der Waals surface area contributed by atoms with Gasteiger partial charge in [-0.15, -0.1) is 0 Å². The molecule has 1 heterocycles. The Morgan fingerprint density at radius 3 is 2.68 bits per heavy atom. The highest BCUT2D eigenvalue weighted by atomic mass is 16.2. The molecule has 19 heavy (non-hydrogen) atoms. The molecule has 1 aromatic carbocycles. The fourth-order valence-electron chi connectivity index (χ4n) is 1.52. The number of aromatic nitrogens is 2. The number of urea groups is 1. The van der Waals surface area contributed by atoms with Gasteiger partial charge in [-0.1, -0.05) is 0 Å². The van der Waals surface area contributed by atoms with Gasteiger partial charge in [-0.3, -0.25) is 0 Å². The molecule has 0 radical (unpaired) electrons. The van der Waals surface area contributed by atoms with E-state index in [0.717, 1.165) is 5.69 Å². The number of carbonyl (C=O) groups excluding carboxylic acids is 1. The highest BCUT2D eigenvalue weighted by Crippen LogP contribution is 2.10. The van der Waals surface area contributed by atoms with Crippen LogP contribution < -0.4 is 16.4 Å². The summed E-state index contributed by atoms with van der Waals surface area (Å²) in [6.45, 7) is 2.15.